The van der Waals surface area contributed by atoms with E-state index in [1.165, 1.54) is 4.90 Å². The van der Waals surface area contributed by atoms with Gasteiger partial charge in [-0.05, 0) is 20.8 Å². The molecule has 13 heavy (non-hydrogen) atoms. The van der Waals surface area contributed by atoms with E-state index in [1.807, 2.05) is 20.8 Å². The lowest BCUT2D eigenvalue weighted by Gasteiger charge is -2.26. The van der Waals surface area contributed by atoms with E-state index < -0.39 is 5.54 Å². The number of hydrogen-bond acceptors (Lipinski definition) is 2. The van der Waals surface area contributed by atoms with Crippen molar-refractivity contribution in [1.82, 2.24) is 10.3 Å². The van der Waals surface area contributed by atoms with Crippen molar-refractivity contribution in [1.29, 1.82) is 0 Å². The highest BCUT2D eigenvalue weighted by atomic mass is 16.2. The lowest BCUT2D eigenvalue weighted by molar-refractivity contribution is -0.840. The number of carbonyl (C=O) groups excluding carboxylic acids is 2. The van der Waals surface area contributed by atoms with Gasteiger partial charge in [0.15, 0.2) is 0 Å². The van der Waals surface area contributed by atoms with Gasteiger partial charge in [0.05, 0.1) is 0 Å². The quantitative estimate of drug-likeness (QED) is 0.572. The van der Waals surface area contributed by atoms with Crippen molar-refractivity contribution < 1.29 is 14.2 Å². The van der Waals surface area contributed by atoms with Crippen LogP contribution in [0.15, 0.2) is 0 Å². The number of rotatable bonds is 0. The fourth-order valence-corrected chi connectivity index (χ4v) is 1.27. The number of nitrogens with one attached hydrogen (secondary N) is 1. The van der Waals surface area contributed by atoms with Crippen molar-refractivity contribution in [3.63, 3.8) is 0 Å². The first kappa shape index (κ1) is 9.98. The lowest BCUT2D eigenvalue weighted by Crippen LogP contribution is -2.51. The maximum atomic E-state index is 11.7. The molecule has 1 fully saturated rings. The van der Waals surface area contributed by atoms with Crippen LogP contribution in [0.4, 0.5) is 9.59 Å². The fourth-order valence-electron chi connectivity index (χ4n) is 1.27. The molecule has 1 saturated heterocycles. The molecular weight excluding hydrogens is 170 g/mol. The Morgan fingerprint density at radius 1 is 1.23 bits per heavy atom. The van der Waals surface area contributed by atoms with E-state index in [9.17, 15) is 9.59 Å². The summed E-state index contributed by atoms with van der Waals surface area (Å²) >= 11 is 0. The molecule has 0 bridgehead atoms. The Labute approximate surface area is 77.9 Å². The fraction of sp³-hybridized carbons (Fsp3) is 0.750. The van der Waals surface area contributed by atoms with Gasteiger partial charge in [0, 0.05) is 5.54 Å². The van der Waals surface area contributed by atoms with Crippen molar-refractivity contribution in [2.75, 3.05) is 14.1 Å². The highest BCUT2D eigenvalue weighted by Crippen LogP contribution is 2.21. The molecule has 1 aliphatic rings. The molecule has 0 aromatic rings. The normalized spacial score (nSPS) is 22.1. The van der Waals surface area contributed by atoms with Crippen LogP contribution in [0.1, 0.15) is 20.8 Å². The zero-order chi connectivity index (χ0) is 10.4. The Bertz CT molecular complexity index is 265. The minimum atomic E-state index is -0.465. The summed E-state index contributed by atoms with van der Waals surface area (Å²) in [7, 11) is 3.29. The molecule has 0 aromatic carbocycles. The Kier molecular flexibility index (Phi) is 1.88. The Morgan fingerprint density at radius 3 is 1.85 bits per heavy atom. The summed E-state index contributed by atoms with van der Waals surface area (Å²) in [6, 6.07) is -0.556. The maximum absolute atomic E-state index is 11.7. The molecule has 1 N–H and O–H groups in total. The summed E-state index contributed by atoms with van der Waals surface area (Å²) in [5, 5.41) is 0. The molecule has 5 heteroatoms. The van der Waals surface area contributed by atoms with Gasteiger partial charge >= 0.3 is 12.1 Å². The molecule has 0 unspecified atom stereocenters. The third-order valence-electron chi connectivity index (χ3n) is 1.92. The van der Waals surface area contributed by atoms with Crippen molar-refractivity contribution in [3.05, 3.63) is 0 Å². The van der Waals surface area contributed by atoms with E-state index in [0.29, 0.717) is 0 Å². The molecule has 1 heterocycles. The average Bonchev–Trinajstić information content (AvgIpc) is 1.99. The third-order valence-corrected chi connectivity index (χ3v) is 1.92. The van der Waals surface area contributed by atoms with E-state index in [-0.39, 0.29) is 16.7 Å². The van der Waals surface area contributed by atoms with Crippen LogP contribution in [0.5, 0.6) is 0 Å². The van der Waals surface area contributed by atoms with Gasteiger partial charge in [-0.15, -0.1) is 4.59 Å². The Balaban J connectivity index is 3.03. The number of nitrogens with zero attached hydrogens (tertiary/aromatic N) is 2. The Morgan fingerprint density at radius 2 is 1.69 bits per heavy atom. The molecule has 5 nitrogen and oxygen atoms in total. The van der Waals surface area contributed by atoms with Crippen LogP contribution in [-0.2, 0) is 0 Å². The van der Waals surface area contributed by atoms with Crippen LogP contribution in [0.25, 0.3) is 0 Å². The zero-order valence-electron chi connectivity index (χ0n) is 8.71. The smallest absolute Gasteiger partial charge is 0.243 e. The van der Waals surface area contributed by atoms with Gasteiger partial charge in [-0.3, -0.25) is 0 Å². The number of carbonyl (C=O) groups is 2. The summed E-state index contributed by atoms with van der Waals surface area (Å²) in [5.74, 6) is 0. The van der Waals surface area contributed by atoms with E-state index in [2.05, 4.69) is 5.43 Å². The van der Waals surface area contributed by atoms with Gasteiger partial charge in [-0.2, -0.15) is 5.43 Å². The molecule has 0 atom stereocenters. The van der Waals surface area contributed by atoms with Gasteiger partial charge < -0.3 is 0 Å². The standard InChI is InChI=1S/C8H15N3O2/c1-8(2,3)10-6(12)9-11(4,5)7(10)13/h1-5H3/p+1. The highest BCUT2D eigenvalue weighted by Gasteiger charge is 2.51. The van der Waals surface area contributed by atoms with Gasteiger partial charge in [0.1, 0.15) is 14.1 Å². The van der Waals surface area contributed by atoms with E-state index in [4.69, 9.17) is 0 Å². The average molecular weight is 186 g/mol. The molecule has 0 spiro atoms. The third kappa shape index (κ3) is 1.51. The summed E-state index contributed by atoms with van der Waals surface area (Å²) in [5.41, 5.74) is 2.11. The van der Waals surface area contributed by atoms with Crippen LogP contribution in [0.3, 0.4) is 0 Å². The van der Waals surface area contributed by atoms with E-state index in [1.54, 1.807) is 14.1 Å². The second kappa shape index (κ2) is 2.45. The highest BCUT2D eigenvalue weighted by molar-refractivity contribution is 5.95. The molecule has 1 aliphatic heterocycles. The number of amides is 4. The van der Waals surface area contributed by atoms with Crippen LogP contribution in [-0.4, -0.2) is 41.2 Å². The van der Waals surface area contributed by atoms with E-state index in [0.717, 1.165) is 0 Å². The lowest BCUT2D eigenvalue weighted by atomic mass is 10.1. The first-order chi connectivity index (χ1) is 5.66. The summed E-state index contributed by atoms with van der Waals surface area (Å²) in [6.07, 6.45) is 0. The van der Waals surface area contributed by atoms with Crippen molar-refractivity contribution >= 4 is 12.1 Å². The first-order valence-corrected chi connectivity index (χ1v) is 4.17. The number of hydrogen-bond donors (Lipinski definition) is 1. The summed E-state index contributed by atoms with van der Waals surface area (Å²) in [4.78, 5) is 24.4. The zero-order valence-corrected chi connectivity index (χ0v) is 8.71. The molecular formula is C8H16N3O2+. The second-order valence-electron chi connectivity index (χ2n) is 4.66. The predicted octanol–water partition coefficient (Wildman–Crippen LogP) is 0.921. The maximum Gasteiger partial charge on any atom is 0.452 e. The van der Waals surface area contributed by atoms with Gasteiger partial charge in [0.2, 0.25) is 0 Å². The summed E-state index contributed by atoms with van der Waals surface area (Å²) in [6.45, 7) is 5.49. The minimum absolute atomic E-state index is 0.115. The number of imide groups is 1. The van der Waals surface area contributed by atoms with Crippen LogP contribution in [0, 0.1) is 0 Å². The first-order valence-electron chi connectivity index (χ1n) is 4.17. The largest absolute Gasteiger partial charge is 0.452 e. The topological polar surface area (TPSA) is 49.4 Å². The molecule has 4 amide bonds. The van der Waals surface area contributed by atoms with Crippen LogP contribution < -0.4 is 5.43 Å². The second-order valence-corrected chi connectivity index (χ2v) is 4.66. The molecule has 74 valence electrons. The number of urea groups is 2. The van der Waals surface area contributed by atoms with Crippen molar-refractivity contribution in [3.8, 4) is 0 Å². The number of quaternary nitrogens is 1. The monoisotopic (exact) mass is 186 g/mol. The van der Waals surface area contributed by atoms with Gasteiger partial charge in [-0.1, -0.05) is 0 Å². The molecule has 1 rings (SSSR count). The van der Waals surface area contributed by atoms with E-state index >= 15 is 0 Å². The molecule has 0 aromatic heterocycles. The summed E-state index contributed by atoms with van der Waals surface area (Å²) < 4.78 is -0.115. The predicted molar refractivity (Wildman–Crippen MR) is 47.6 cm³/mol. The van der Waals surface area contributed by atoms with Crippen LogP contribution in [0.2, 0.25) is 0 Å². The SMILES string of the molecule is CC(C)(C)N1C(=O)N[N+](C)(C)C1=O. The molecule has 0 aliphatic carbocycles. The van der Waals surface area contributed by atoms with Gasteiger partial charge in [-0.25, -0.2) is 14.5 Å². The van der Waals surface area contributed by atoms with Crippen molar-refractivity contribution in [2.45, 2.75) is 26.3 Å². The molecule has 0 saturated carbocycles. The minimum Gasteiger partial charge on any atom is -0.243 e. The molecule has 0 radical (unpaired) electrons. The van der Waals surface area contributed by atoms with Crippen molar-refractivity contribution in [2.24, 2.45) is 0 Å². The Hall–Kier alpha value is -1.10. The van der Waals surface area contributed by atoms with Gasteiger partial charge in [0.25, 0.3) is 0 Å². The van der Waals surface area contributed by atoms with Crippen LogP contribution >= 0.6 is 0 Å².